The Kier molecular flexibility index (Phi) is 51.7. The van der Waals surface area contributed by atoms with Crippen LogP contribution in [0.15, 0.2) is 24.3 Å². The van der Waals surface area contributed by atoms with Crippen molar-refractivity contribution >= 4 is 17.9 Å². The first-order valence-electron chi connectivity index (χ1n) is 28.3. The lowest BCUT2D eigenvalue weighted by atomic mass is 10.0. The second-order valence-corrected chi connectivity index (χ2v) is 19.2. The predicted molar refractivity (Wildman–Crippen MR) is 275 cm³/mol. The van der Waals surface area contributed by atoms with Crippen LogP contribution in [0.5, 0.6) is 0 Å². The molecule has 0 aromatic carbocycles. The van der Waals surface area contributed by atoms with Gasteiger partial charge in [-0.25, -0.2) is 0 Å². The van der Waals surface area contributed by atoms with Crippen LogP contribution in [-0.4, -0.2) is 37.2 Å². The van der Waals surface area contributed by atoms with Crippen LogP contribution in [0.2, 0.25) is 0 Å². The van der Waals surface area contributed by atoms with Crippen LogP contribution >= 0.6 is 0 Å². The van der Waals surface area contributed by atoms with Crippen molar-refractivity contribution in [2.45, 2.75) is 316 Å². The zero-order chi connectivity index (χ0) is 46.5. The van der Waals surface area contributed by atoms with E-state index in [2.05, 4.69) is 45.1 Å². The van der Waals surface area contributed by atoms with Crippen molar-refractivity contribution in [2.75, 3.05) is 13.2 Å². The third-order valence-electron chi connectivity index (χ3n) is 12.7. The van der Waals surface area contributed by atoms with Gasteiger partial charge in [0.2, 0.25) is 0 Å². The van der Waals surface area contributed by atoms with Crippen molar-refractivity contribution < 1.29 is 28.6 Å². The van der Waals surface area contributed by atoms with Crippen molar-refractivity contribution in [1.29, 1.82) is 0 Å². The van der Waals surface area contributed by atoms with Crippen LogP contribution in [0.3, 0.4) is 0 Å². The maximum absolute atomic E-state index is 12.8. The molecule has 0 aromatic rings. The Morgan fingerprint density at radius 3 is 0.859 bits per heavy atom. The molecule has 0 saturated heterocycles. The van der Waals surface area contributed by atoms with Gasteiger partial charge in [0, 0.05) is 19.3 Å². The predicted octanol–water partition coefficient (Wildman–Crippen LogP) is 18.7. The van der Waals surface area contributed by atoms with Gasteiger partial charge in [0.05, 0.1) is 0 Å². The number of unbranched alkanes of at least 4 members (excludes halogenated alkanes) is 37. The molecule has 0 aliphatic carbocycles. The van der Waals surface area contributed by atoms with E-state index < -0.39 is 6.10 Å². The summed E-state index contributed by atoms with van der Waals surface area (Å²) in [5.41, 5.74) is 0. The second kappa shape index (κ2) is 53.5. The molecule has 0 bridgehead atoms. The minimum Gasteiger partial charge on any atom is -0.462 e. The van der Waals surface area contributed by atoms with Gasteiger partial charge >= 0.3 is 17.9 Å². The highest BCUT2D eigenvalue weighted by atomic mass is 16.6. The van der Waals surface area contributed by atoms with Crippen LogP contribution in [-0.2, 0) is 28.6 Å². The van der Waals surface area contributed by atoms with Gasteiger partial charge in [-0.2, -0.15) is 0 Å². The highest BCUT2D eigenvalue weighted by Gasteiger charge is 2.19. The number of rotatable bonds is 52. The van der Waals surface area contributed by atoms with Crippen molar-refractivity contribution in [2.24, 2.45) is 0 Å². The molecular weight excluding hydrogens is 793 g/mol. The number of carbonyl (C=O) groups is 3. The molecule has 1 atom stereocenters. The monoisotopic (exact) mass is 901 g/mol. The first-order valence-corrected chi connectivity index (χ1v) is 28.3. The lowest BCUT2D eigenvalue weighted by Crippen LogP contribution is -2.30. The van der Waals surface area contributed by atoms with Crippen LogP contribution < -0.4 is 0 Å². The summed E-state index contributed by atoms with van der Waals surface area (Å²) in [5.74, 6) is -0.860. The van der Waals surface area contributed by atoms with Crippen LogP contribution in [0, 0.1) is 0 Å². The zero-order valence-electron chi connectivity index (χ0n) is 43.1. The van der Waals surface area contributed by atoms with Gasteiger partial charge in [0.25, 0.3) is 0 Å². The van der Waals surface area contributed by atoms with E-state index in [4.69, 9.17) is 14.2 Å². The van der Waals surface area contributed by atoms with Crippen LogP contribution in [0.4, 0.5) is 0 Å². The summed E-state index contributed by atoms with van der Waals surface area (Å²) < 4.78 is 16.8. The molecule has 0 aromatic heterocycles. The summed E-state index contributed by atoms with van der Waals surface area (Å²) in [7, 11) is 0. The maximum atomic E-state index is 12.8. The fourth-order valence-electron chi connectivity index (χ4n) is 8.42. The largest absolute Gasteiger partial charge is 0.462 e. The van der Waals surface area contributed by atoms with Crippen molar-refractivity contribution in [3.63, 3.8) is 0 Å². The fraction of sp³-hybridized carbons (Fsp3) is 0.879. The number of hydrogen-bond donors (Lipinski definition) is 0. The number of esters is 3. The molecule has 0 amide bonds. The van der Waals surface area contributed by atoms with E-state index in [0.29, 0.717) is 19.3 Å². The first-order chi connectivity index (χ1) is 31.5. The standard InChI is InChI=1S/C58H108O6/c1-4-7-10-13-16-18-20-22-24-25-26-27-28-29-30-31-32-33-35-36-38-40-42-45-48-51-57(60)63-54-55(53-62-56(59)50-47-44-15-12-9-6-3)64-58(61)52-49-46-43-41-39-37-34-23-21-19-17-14-11-8-5-2/h20,22,25-26,55H,4-19,21,23-24,27-54H2,1-3H3/b22-20-,26-25-. The molecule has 0 rings (SSSR count). The fourth-order valence-corrected chi connectivity index (χ4v) is 8.42. The Bertz CT molecular complexity index is 1040. The van der Waals surface area contributed by atoms with E-state index in [1.165, 1.54) is 205 Å². The molecule has 0 saturated carbocycles. The van der Waals surface area contributed by atoms with E-state index in [0.717, 1.165) is 64.2 Å². The molecule has 0 aliphatic rings. The average Bonchev–Trinajstić information content (AvgIpc) is 3.29. The highest BCUT2D eigenvalue weighted by Crippen LogP contribution is 2.17. The Morgan fingerprint density at radius 1 is 0.312 bits per heavy atom. The quantitative estimate of drug-likeness (QED) is 0.0262. The average molecular weight is 901 g/mol. The van der Waals surface area contributed by atoms with Gasteiger partial charge < -0.3 is 14.2 Å². The van der Waals surface area contributed by atoms with Crippen molar-refractivity contribution in [3.05, 3.63) is 24.3 Å². The topological polar surface area (TPSA) is 78.9 Å². The summed E-state index contributed by atoms with van der Waals surface area (Å²) in [5, 5.41) is 0. The third kappa shape index (κ3) is 50.9. The molecule has 0 N–H and O–H groups in total. The molecule has 0 radical (unpaired) electrons. The minimum absolute atomic E-state index is 0.0669. The molecular formula is C58H108O6. The van der Waals surface area contributed by atoms with E-state index in [-0.39, 0.29) is 31.1 Å². The van der Waals surface area contributed by atoms with E-state index in [1.54, 1.807) is 0 Å². The summed E-state index contributed by atoms with van der Waals surface area (Å²) in [6, 6.07) is 0. The molecule has 0 fully saturated rings. The minimum atomic E-state index is -0.763. The SMILES string of the molecule is CCCCCCC/C=C\C/C=C\CCCCCCCCCCCCCCCC(=O)OCC(COC(=O)CCCCCCCC)OC(=O)CCCCCCCCCCCCCCCCC. The van der Waals surface area contributed by atoms with E-state index >= 15 is 0 Å². The third-order valence-corrected chi connectivity index (χ3v) is 12.7. The Labute approximate surface area is 398 Å². The van der Waals surface area contributed by atoms with Gasteiger partial charge in [-0.05, 0) is 51.4 Å². The smallest absolute Gasteiger partial charge is 0.306 e. The van der Waals surface area contributed by atoms with Gasteiger partial charge in [-0.3, -0.25) is 14.4 Å². The summed E-state index contributed by atoms with van der Waals surface area (Å²) in [6.45, 7) is 6.61. The molecule has 6 nitrogen and oxygen atoms in total. The molecule has 64 heavy (non-hydrogen) atoms. The molecule has 1 unspecified atom stereocenters. The van der Waals surface area contributed by atoms with Crippen LogP contribution in [0.25, 0.3) is 0 Å². The van der Waals surface area contributed by atoms with Crippen LogP contribution in [0.1, 0.15) is 310 Å². The van der Waals surface area contributed by atoms with Crippen molar-refractivity contribution in [3.8, 4) is 0 Å². The van der Waals surface area contributed by atoms with Gasteiger partial charge in [0.15, 0.2) is 6.10 Å². The van der Waals surface area contributed by atoms with Gasteiger partial charge in [-0.15, -0.1) is 0 Å². The Balaban J connectivity index is 4.06. The van der Waals surface area contributed by atoms with E-state index in [9.17, 15) is 14.4 Å². The first kappa shape index (κ1) is 61.9. The van der Waals surface area contributed by atoms with Crippen molar-refractivity contribution in [1.82, 2.24) is 0 Å². The Morgan fingerprint density at radius 2 is 0.562 bits per heavy atom. The zero-order valence-corrected chi connectivity index (χ0v) is 43.1. The molecule has 376 valence electrons. The van der Waals surface area contributed by atoms with E-state index in [1.807, 2.05) is 0 Å². The Hall–Kier alpha value is -2.11. The van der Waals surface area contributed by atoms with Gasteiger partial charge in [-0.1, -0.05) is 263 Å². The summed E-state index contributed by atoms with van der Waals surface area (Å²) in [4.78, 5) is 37.8. The lowest BCUT2D eigenvalue weighted by Gasteiger charge is -2.18. The number of allylic oxidation sites excluding steroid dienone is 4. The summed E-state index contributed by atoms with van der Waals surface area (Å²) >= 11 is 0. The van der Waals surface area contributed by atoms with Gasteiger partial charge in [0.1, 0.15) is 13.2 Å². The molecule has 0 heterocycles. The highest BCUT2D eigenvalue weighted by molar-refractivity contribution is 5.71. The number of hydrogen-bond acceptors (Lipinski definition) is 6. The normalized spacial score (nSPS) is 12.1. The molecule has 0 aliphatic heterocycles. The lowest BCUT2D eigenvalue weighted by molar-refractivity contribution is -0.167. The number of carbonyl (C=O) groups excluding carboxylic acids is 3. The molecule has 6 heteroatoms. The number of ether oxygens (including phenoxy) is 3. The maximum Gasteiger partial charge on any atom is 0.306 e. The molecule has 0 spiro atoms. The second-order valence-electron chi connectivity index (χ2n) is 19.2. The summed E-state index contributed by atoms with van der Waals surface area (Å²) in [6.07, 6.45) is 62.0.